The van der Waals surface area contributed by atoms with E-state index in [1.807, 2.05) is 50.2 Å². The second-order valence-electron chi connectivity index (χ2n) is 10.3. The summed E-state index contributed by atoms with van der Waals surface area (Å²) in [6.45, 7) is 9.09. The van der Waals surface area contributed by atoms with Gasteiger partial charge in [-0.25, -0.2) is 14.4 Å². The summed E-state index contributed by atoms with van der Waals surface area (Å²) < 4.78 is 16.6. The summed E-state index contributed by atoms with van der Waals surface area (Å²) in [5, 5.41) is 9.06. The Morgan fingerprint density at radius 2 is 1.57 bits per heavy atom. The number of carbonyl (C=O) groups is 3. The predicted molar refractivity (Wildman–Crippen MR) is 138 cm³/mol. The van der Waals surface area contributed by atoms with Crippen LogP contribution in [0.1, 0.15) is 57.7 Å². The van der Waals surface area contributed by atoms with Crippen LogP contribution in [0.25, 0.3) is 0 Å². The first-order valence-corrected chi connectivity index (χ1v) is 12.3. The molecule has 8 heteroatoms. The minimum atomic E-state index is -1.24. The van der Waals surface area contributed by atoms with Crippen LogP contribution >= 0.6 is 0 Å². The zero-order chi connectivity index (χ0) is 27.6. The van der Waals surface area contributed by atoms with Crippen molar-refractivity contribution in [1.29, 1.82) is 5.26 Å². The second-order valence-corrected chi connectivity index (χ2v) is 10.3. The summed E-state index contributed by atoms with van der Waals surface area (Å²) in [7, 11) is 1.48. The van der Waals surface area contributed by atoms with Crippen molar-refractivity contribution < 1.29 is 28.6 Å². The zero-order valence-corrected chi connectivity index (χ0v) is 22.4. The van der Waals surface area contributed by atoms with Gasteiger partial charge in [0.15, 0.2) is 0 Å². The quantitative estimate of drug-likeness (QED) is 0.327. The number of ether oxygens (including phenoxy) is 3. The van der Waals surface area contributed by atoms with Crippen molar-refractivity contribution >= 4 is 18.0 Å². The van der Waals surface area contributed by atoms with Gasteiger partial charge in [-0.2, -0.15) is 5.26 Å². The summed E-state index contributed by atoms with van der Waals surface area (Å²) in [5.41, 5.74) is 1.22. The molecule has 0 aromatic heterocycles. The van der Waals surface area contributed by atoms with Gasteiger partial charge in [0.2, 0.25) is 6.10 Å². The molecule has 0 aliphatic heterocycles. The standard InChI is InChI=1S/C29H36N2O6/c1-20(2)16-24(31(6)28(34)37-29(3,4)5)26(32)36-25(17-21-12-14-22(18-30)15-13-21)27(33)35-19-23-10-8-7-9-11-23/h7-15,20,24-25H,16-17,19H2,1-6H3/t24-,25+/m0/s1. The SMILES string of the molecule is CC(C)C[C@@H](C(=O)O[C@H](Cc1ccc(C#N)cc1)C(=O)OCc1ccccc1)N(C)C(=O)OC(C)(C)C. The van der Waals surface area contributed by atoms with Crippen molar-refractivity contribution in [2.24, 2.45) is 5.92 Å². The number of hydrogen-bond acceptors (Lipinski definition) is 7. The van der Waals surface area contributed by atoms with E-state index in [-0.39, 0.29) is 18.9 Å². The predicted octanol–water partition coefficient (Wildman–Crippen LogP) is 5.04. The van der Waals surface area contributed by atoms with Crippen molar-refractivity contribution in [3.8, 4) is 6.07 Å². The largest absolute Gasteiger partial charge is 0.458 e. The van der Waals surface area contributed by atoms with Gasteiger partial charge in [0.25, 0.3) is 0 Å². The smallest absolute Gasteiger partial charge is 0.410 e. The number of carbonyl (C=O) groups excluding carboxylic acids is 3. The lowest BCUT2D eigenvalue weighted by atomic mass is 10.0. The average molecular weight is 509 g/mol. The highest BCUT2D eigenvalue weighted by Crippen LogP contribution is 2.19. The van der Waals surface area contributed by atoms with Gasteiger partial charge < -0.3 is 14.2 Å². The fourth-order valence-electron chi connectivity index (χ4n) is 3.46. The van der Waals surface area contributed by atoms with Gasteiger partial charge in [0, 0.05) is 13.5 Å². The van der Waals surface area contributed by atoms with E-state index in [4.69, 9.17) is 19.5 Å². The van der Waals surface area contributed by atoms with E-state index in [0.29, 0.717) is 17.5 Å². The van der Waals surface area contributed by atoms with Crippen LogP contribution in [0.3, 0.4) is 0 Å². The molecule has 0 aliphatic carbocycles. The lowest BCUT2D eigenvalue weighted by Crippen LogP contribution is -2.47. The summed E-state index contributed by atoms with van der Waals surface area (Å²) in [4.78, 5) is 40.3. The molecular weight excluding hydrogens is 472 g/mol. The van der Waals surface area contributed by atoms with Crippen LogP contribution < -0.4 is 0 Å². The van der Waals surface area contributed by atoms with Crippen LogP contribution in [-0.2, 0) is 36.8 Å². The molecule has 0 spiro atoms. The highest BCUT2D eigenvalue weighted by atomic mass is 16.6. The van der Waals surface area contributed by atoms with Crippen LogP contribution in [0.15, 0.2) is 54.6 Å². The van der Waals surface area contributed by atoms with Gasteiger partial charge in [0.05, 0.1) is 11.6 Å². The Hall–Kier alpha value is -3.86. The highest BCUT2D eigenvalue weighted by molar-refractivity contribution is 5.84. The van der Waals surface area contributed by atoms with Gasteiger partial charge in [-0.1, -0.05) is 56.3 Å². The summed E-state index contributed by atoms with van der Waals surface area (Å²) in [6.07, 6.45) is -1.54. The molecule has 0 heterocycles. The third-order valence-electron chi connectivity index (χ3n) is 5.37. The van der Waals surface area contributed by atoms with Crippen LogP contribution in [0.4, 0.5) is 4.79 Å². The van der Waals surface area contributed by atoms with Gasteiger partial charge in [0.1, 0.15) is 18.2 Å². The molecule has 0 fully saturated rings. The van der Waals surface area contributed by atoms with Crippen LogP contribution in [0, 0.1) is 17.2 Å². The first kappa shape index (κ1) is 29.4. The maximum Gasteiger partial charge on any atom is 0.410 e. The monoisotopic (exact) mass is 508 g/mol. The summed E-state index contributed by atoms with van der Waals surface area (Å²) in [5.74, 6) is -1.37. The van der Waals surface area contributed by atoms with Crippen molar-refractivity contribution in [3.63, 3.8) is 0 Å². The number of benzene rings is 2. The zero-order valence-electron chi connectivity index (χ0n) is 22.4. The molecule has 0 aliphatic rings. The second kappa shape index (κ2) is 13.4. The molecule has 0 N–H and O–H groups in total. The third-order valence-corrected chi connectivity index (χ3v) is 5.37. The van der Waals surface area contributed by atoms with E-state index in [9.17, 15) is 14.4 Å². The summed E-state index contributed by atoms with van der Waals surface area (Å²) in [6, 6.07) is 16.9. The van der Waals surface area contributed by atoms with E-state index >= 15 is 0 Å². The Morgan fingerprint density at radius 1 is 0.946 bits per heavy atom. The van der Waals surface area contributed by atoms with Crippen LogP contribution in [0.5, 0.6) is 0 Å². The third kappa shape index (κ3) is 9.96. The van der Waals surface area contributed by atoms with Crippen LogP contribution in [0.2, 0.25) is 0 Å². The highest BCUT2D eigenvalue weighted by Gasteiger charge is 2.35. The fourth-order valence-corrected chi connectivity index (χ4v) is 3.46. The summed E-state index contributed by atoms with van der Waals surface area (Å²) >= 11 is 0. The Bertz CT molecular complexity index is 1080. The Kier molecular flexibility index (Phi) is 10.7. The lowest BCUT2D eigenvalue weighted by Gasteiger charge is -2.31. The van der Waals surface area contributed by atoms with Crippen molar-refractivity contribution in [2.45, 2.75) is 71.8 Å². The fraction of sp³-hybridized carbons (Fsp3) is 0.448. The Morgan fingerprint density at radius 3 is 2.11 bits per heavy atom. The number of nitriles is 1. The number of likely N-dealkylation sites (N-methyl/N-ethyl adjacent to an activating group) is 1. The Labute approximate surface area is 219 Å². The molecular formula is C29H36N2O6. The maximum atomic E-state index is 13.3. The molecule has 198 valence electrons. The molecule has 2 atom stereocenters. The number of rotatable bonds is 10. The number of nitrogens with zero attached hydrogens (tertiary/aromatic N) is 2. The van der Waals surface area contributed by atoms with Crippen molar-refractivity contribution in [3.05, 3.63) is 71.3 Å². The minimum absolute atomic E-state index is 0.0222. The van der Waals surface area contributed by atoms with E-state index in [1.54, 1.807) is 45.0 Å². The molecule has 2 rings (SSSR count). The van der Waals surface area contributed by atoms with Gasteiger partial charge in [-0.15, -0.1) is 0 Å². The van der Waals surface area contributed by atoms with Crippen LogP contribution in [-0.4, -0.2) is 47.7 Å². The van der Waals surface area contributed by atoms with E-state index < -0.39 is 35.8 Å². The van der Waals surface area contributed by atoms with Gasteiger partial charge in [-0.05, 0) is 56.4 Å². The number of amides is 1. The molecule has 2 aromatic rings. The molecule has 0 unspecified atom stereocenters. The molecule has 2 aromatic carbocycles. The molecule has 0 saturated carbocycles. The first-order valence-electron chi connectivity index (χ1n) is 12.3. The van der Waals surface area contributed by atoms with E-state index in [0.717, 1.165) is 5.56 Å². The van der Waals surface area contributed by atoms with Gasteiger partial charge in [-0.3, -0.25) is 4.90 Å². The average Bonchev–Trinajstić information content (AvgIpc) is 2.84. The van der Waals surface area contributed by atoms with E-state index in [2.05, 4.69) is 0 Å². The van der Waals surface area contributed by atoms with Crippen molar-refractivity contribution in [1.82, 2.24) is 4.90 Å². The molecule has 0 bridgehead atoms. The minimum Gasteiger partial charge on any atom is -0.458 e. The van der Waals surface area contributed by atoms with Gasteiger partial charge >= 0.3 is 18.0 Å². The normalized spacial score (nSPS) is 12.7. The molecule has 0 saturated heterocycles. The molecule has 37 heavy (non-hydrogen) atoms. The number of hydrogen-bond donors (Lipinski definition) is 0. The molecule has 0 radical (unpaired) electrons. The number of esters is 2. The van der Waals surface area contributed by atoms with E-state index in [1.165, 1.54) is 11.9 Å². The molecule has 8 nitrogen and oxygen atoms in total. The molecule has 1 amide bonds. The first-order chi connectivity index (χ1) is 17.4. The lowest BCUT2D eigenvalue weighted by molar-refractivity contribution is -0.171. The topological polar surface area (TPSA) is 106 Å². The Balaban J connectivity index is 2.25. The maximum absolute atomic E-state index is 13.3. The van der Waals surface area contributed by atoms with Crippen molar-refractivity contribution in [2.75, 3.05) is 7.05 Å².